The van der Waals surface area contributed by atoms with Gasteiger partial charge in [-0.2, -0.15) is 0 Å². The molecule has 0 unspecified atom stereocenters. The summed E-state index contributed by atoms with van der Waals surface area (Å²) in [6.07, 6.45) is 9.45. The van der Waals surface area contributed by atoms with E-state index in [1.165, 1.54) is 36.9 Å². The molecule has 0 fully saturated rings. The van der Waals surface area contributed by atoms with E-state index >= 15 is 0 Å². The first-order valence-electron chi connectivity index (χ1n) is 7.50. The van der Waals surface area contributed by atoms with Crippen molar-refractivity contribution >= 4 is 0 Å². The van der Waals surface area contributed by atoms with Crippen LogP contribution in [-0.4, -0.2) is 9.97 Å². The highest BCUT2D eigenvalue weighted by Gasteiger charge is 2.22. The van der Waals surface area contributed by atoms with Crippen molar-refractivity contribution in [1.82, 2.24) is 9.97 Å². The number of rotatable bonds is 1. The topological polar surface area (TPSA) is 25.8 Å². The van der Waals surface area contributed by atoms with Gasteiger partial charge in [-0.25, -0.2) is 9.97 Å². The molecular weight excluding hydrogens is 244 g/mol. The summed E-state index contributed by atoms with van der Waals surface area (Å²) >= 11 is 0. The first-order valence-corrected chi connectivity index (χ1v) is 7.50. The SMILES string of the molecule is c1ccc(-c2ncc3c(n2)CC2=C(CCCC2)C3)cc1. The van der Waals surface area contributed by atoms with Gasteiger partial charge in [0.2, 0.25) is 0 Å². The van der Waals surface area contributed by atoms with E-state index in [0.717, 1.165) is 24.2 Å². The van der Waals surface area contributed by atoms with Crippen molar-refractivity contribution in [2.24, 2.45) is 0 Å². The molecule has 2 aliphatic rings. The summed E-state index contributed by atoms with van der Waals surface area (Å²) in [4.78, 5) is 9.40. The number of nitrogens with zero attached hydrogens (tertiary/aromatic N) is 2. The van der Waals surface area contributed by atoms with E-state index in [1.807, 2.05) is 24.4 Å². The van der Waals surface area contributed by atoms with Crippen molar-refractivity contribution in [2.75, 3.05) is 0 Å². The molecule has 2 aromatic rings. The maximum Gasteiger partial charge on any atom is 0.159 e. The van der Waals surface area contributed by atoms with Crippen LogP contribution in [0.15, 0.2) is 47.7 Å². The van der Waals surface area contributed by atoms with Gasteiger partial charge in [0.1, 0.15) is 0 Å². The first-order chi connectivity index (χ1) is 9.90. The predicted octanol–water partition coefficient (Wildman–Crippen LogP) is 4.11. The van der Waals surface area contributed by atoms with E-state index < -0.39 is 0 Å². The Morgan fingerprint density at radius 2 is 1.60 bits per heavy atom. The van der Waals surface area contributed by atoms with Gasteiger partial charge in [0.05, 0.1) is 5.69 Å². The summed E-state index contributed by atoms with van der Waals surface area (Å²) in [6.45, 7) is 0. The zero-order valence-electron chi connectivity index (χ0n) is 11.6. The molecule has 0 saturated carbocycles. The third kappa shape index (κ3) is 2.05. The minimum Gasteiger partial charge on any atom is -0.236 e. The number of benzene rings is 1. The minimum absolute atomic E-state index is 0.865. The Labute approximate surface area is 119 Å². The Kier molecular flexibility index (Phi) is 2.87. The van der Waals surface area contributed by atoms with Gasteiger partial charge < -0.3 is 0 Å². The molecule has 4 rings (SSSR count). The molecule has 0 bridgehead atoms. The summed E-state index contributed by atoms with van der Waals surface area (Å²) in [7, 11) is 0. The summed E-state index contributed by atoms with van der Waals surface area (Å²) < 4.78 is 0. The van der Waals surface area contributed by atoms with Crippen molar-refractivity contribution in [3.05, 3.63) is 58.9 Å². The maximum absolute atomic E-state index is 4.83. The van der Waals surface area contributed by atoms with Crippen LogP contribution in [0.4, 0.5) is 0 Å². The number of hydrogen-bond donors (Lipinski definition) is 0. The summed E-state index contributed by atoms with van der Waals surface area (Å²) in [5, 5.41) is 0. The van der Waals surface area contributed by atoms with Crippen LogP contribution < -0.4 is 0 Å². The zero-order chi connectivity index (χ0) is 13.4. The van der Waals surface area contributed by atoms with E-state index in [4.69, 9.17) is 4.98 Å². The Hall–Kier alpha value is -1.96. The van der Waals surface area contributed by atoms with E-state index in [2.05, 4.69) is 17.1 Å². The molecule has 1 aromatic carbocycles. The molecule has 0 aliphatic heterocycles. The number of aromatic nitrogens is 2. The lowest BCUT2D eigenvalue weighted by Crippen LogP contribution is -2.14. The Morgan fingerprint density at radius 1 is 0.850 bits per heavy atom. The van der Waals surface area contributed by atoms with Gasteiger partial charge in [0, 0.05) is 18.2 Å². The fourth-order valence-electron chi connectivity index (χ4n) is 3.36. The average Bonchev–Trinajstić information content (AvgIpc) is 2.53. The van der Waals surface area contributed by atoms with Gasteiger partial charge in [-0.3, -0.25) is 0 Å². The molecule has 0 saturated heterocycles. The Morgan fingerprint density at radius 3 is 2.40 bits per heavy atom. The van der Waals surface area contributed by atoms with Crippen LogP contribution in [0, 0.1) is 0 Å². The number of hydrogen-bond acceptors (Lipinski definition) is 2. The average molecular weight is 262 g/mol. The molecular formula is C18H18N2. The minimum atomic E-state index is 0.865. The van der Waals surface area contributed by atoms with Crippen molar-refractivity contribution in [3.63, 3.8) is 0 Å². The Balaban J connectivity index is 1.71. The second-order valence-electron chi connectivity index (χ2n) is 5.80. The molecule has 1 aromatic heterocycles. The molecule has 20 heavy (non-hydrogen) atoms. The van der Waals surface area contributed by atoms with E-state index in [-0.39, 0.29) is 0 Å². The monoisotopic (exact) mass is 262 g/mol. The zero-order valence-corrected chi connectivity index (χ0v) is 11.6. The highest BCUT2D eigenvalue weighted by molar-refractivity contribution is 5.55. The van der Waals surface area contributed by atoms with Gasteiger partial charge in [-0.05, 0) is 37.7 Å². The third-order valence-corrected chi connectivity index (χ3v) is 4.48. The fraction of sp³-hybridized carbons (Fsp3) is 0.333. The second-order valence-corrected chi connectivity index (χ2v) is 5.80. The third-order valence-electron chi connectivity index (χ3n) is 4.48. The van der Waals surface area contributed by atoms with Gasteiger partial charge >= 0.3 is 0 Å². The van der Waals surface area contributed by atoms with Gasteiger partial charge in [-0.15, -0.1) is 0 Å². The molecule has 0 amide bonds. The second kappa shape index (κ2) is 4.86. The largest absolute Gasteiger partial charge is 0.236 e. The van der Waals surface area contributed by atoms with Crippen LogP contribution in [-0.2, 0) is 12.8 Å². The maximum atomic E-state index is 4.83. The van der Waals surface area contributed by atoms with E-state index in [9.17, 15) is 0 Å². The molecule has 0 spiro atoms. The van der Waals surface area contributed by atoms with Crippen LogP contribution in [0.5, 0.6) is 0 Å². The quantitative estimate of drug-likeness (QED) is 0.723. The smallest absolute Gasteiger partial charge is 0.159 e. The van der Waals surface area contributed by atoms with Crippen LogP contribution >= 0.6 is 0 Å². The standard InChI is InChI=1S/C18H18N2/c1-2-6-13(7-3-1)18-19-12-16-10-14-8-4-5-9-15(14)11-17(16)20-18/h1-3,6-7,12H,4-5,8-11H2. The first kappa shape index (κ1) is 11.8. The molecule has 1 heterocycles. The van der Waals surface area contributed by atoms with E-state index in [1.54, 1.807) is 11.1 Å². The lowest BCUT2D eigenvalue weighted by molar-refractivity contribution is 0.630. The predicted molar refractivity (Wildman–Crippen MR) is 80.4 cm³/mol. The van der Waals surface area contributed by atoms with Crippen molar-refractivity contribution in [1.29, 1.82) is 0 Å². The molecule has 2 heteroatoms. The highest BCUT2D eigenvalue weighted by Crippen LogP contribution is 2.34. The highest BCUT2D eigenvalue weighted by atomic mass is 14.9. The van der Waals surface area contributed by atoms with Crippen LogP contribution in [0.1, 0.15) is 36.9 Å². The molecule has 2 nitrogen and oxygen atoms in total. The molecule has 0 atom stereocenters. The van der Waals surface area contributed by atoms with Crippen LogP contribution in [0.25, 0.3) is 11.4 Å². The molecule has 2 aliphatic carbocycles. The summed E-state index contributed by atoms with van der Waals surface area (Å²) in [6, 6.07) is 10.3. The normalized spacial score (nSPS) is 17.6. The lowest BCUT2D eigenvalue weighted by atomic mass is 9.81. The van der Waals surface area contributed by atoms with Crippen molar-refractivity contribution in [2.45, 2.75) is 38.5 Å². The number of fused-ring (bicyclic) bond motifs is 1. The molecule has 0 N–H and O–H groups in total. The lowest BCUT2D eigenvalue weighted by Gasteiger charge is -2.26. The molecule has 100 valence electrons. The fourth-order valence-corrected chi connectivity index (χ4v) is 3.36. The van der Waals surface area contributed by atoms with Gasteiger partial charge in [0.15, 0.2) is 5.82 Å². The summed E-state index contributed by atoms with van der Waals surface area (Å²) in [5.74, 6) is 0.865. The van der Waals surface area contributed by atoms with Gasteiger partial charge in [-0.1, -0.05) is 41.5 Å². The molecule has 0 radical (unpaired) electrons. The van der Waals surface area contributed by atoms with E-state index in [0.29, 0.717) is 0 Å². The Bertz CT molecular complexity index is 671. The van der Waals surface area contributed by atoms with Crippen molar-refractivity contribution < 1.29 is 0 Å². The van der Waals surface area contributed by atoms with Crippen molar-refractivity contribution in [3.8, 4) is 11.4 Å². The van der Waals surface area contributed by atoms with Crippen LogP contribution in [0.2, 0.25) is 0 Å². The van der Waals surface area contributed by atoms with Crippen LogP contribution in [0.3, 0.4) is 0 Å². The van der Waals surface area contributed by atoms with Gasteiger partial charge in [0.25, 0.3) is 0 Å². The summed E-state index contributed by atoms with van der Waals surface area (Å²) in [5.41, 5.74) is 7.02. The number of allylic oxidation sites excluding steroid dienone is 2.